The molecule has 0 radical (unpaired) electrons. The van der Waals surface area contributed by atoms with Crippen LogP contribution >= 0.6 is 34.4 Å². The molecule has 5 nitrogen and oxygen atoms in total. The summed E-state index contributed by atoms with van der Waals surface area (Å²) in [5, 5.41) is 9.20. The van der Waals surface area contributed by atoms with Gasteiger partial charge in [-0.1, -0.05) is 23.9 Å². The molecule has 3 aromatic rings. The highest BCUT2D eigenvalue weighted by Gasteiger charge is 2.16. The van der Waals surface area contributed by atoms with Crippen molar-refractivity contribution >= 4 is 51.4 Å². The summed E-state index contributed by atoms with van der Waals surface area (Å²) in [5.74, 6) is -1.29. The molecule has 0 spiro atoms. The van der Waals surface area contributed by atoms with Crippen molar-refractivity contribution < 1.29 is 23.1 Å². The van der Waals surface area contributed by atoms with Crippen molar-refractivity contribution in [1.29, 1.82) is 0 Å². The summed E-state index contributed by atoms with van der Waals surface area (Å²) in [6.07, 6.45) is 2.27. The van der Waals surface area contributed by atoms with Crippen LogP contribution in [-0.2, 0) is 17.0 Å². The van der Waals surface area contributed by atoms with Crippen LogP contribution in [0.1, 0.15) is 17.7 Å². The molecule has 0 amide bonds. The van der Waals surface area contributed by atoms with E-state index >= 15 is 0 Å². The zero-order valence-corrected chi connectivity index (χ0v) is 16.0. The minimum Gasteiger partial charge on any atom is -0.481 e. The Hall–Kier alpha value is -1.82. The summed E-state index contributed by atoms with van der Waals surface area (Å²) in [6.45, 7) is -2.67. The average molecular weight is 493 g/mol. The van der Waals surface area contributed by atoms with Gasteiger partial charge in [0, 0.05) is 11.9 Å². The number of carboxylic acid groups (broad SMARTS) is 1. The summed E-state index contributed by atoms with van der Waals surface area (Å²) < 4.78 is 41.0. The van der Waals surface area contributed by atoms with E-state index in [-0.39, 0.29) is 11.1 Å². The van der Waals surface area contributed by atoms with Crippen LogP contribution in [0, 0.1) is 9.39 Å². The molecule has 0 aliphatic heterocycles. The third-order valence-corrected chi connectivity index (χ3v) is 5.26. The highest BCUT2D eigenvalue weighted by atomic mass is 127. The molecular formula is C16H11F3IN3O2S. The molecule has 10 heteroatoms. The lowest BCUT2D eigenvalue weighted by molar-refractivity contribution is -0.136. The molecule has 0 aliphatic rings. The Morgan fingerprint density at radius 2 is 2.15 bits per heavy atom. The van der Waals surface area contributed by atoms with Crippen molar-refractivity contribution in [2.24, 2.45) is 0 Å². The number of rotatable bonds is 6. The fourth-order valence-corrected chi connectivity index (χ4v) is 3.83. The predicted molar refractivity (Wildman–Crippen MR) is 98.8 cm³/mol. The number of hydrogen-bond acceptors (Lipinski definition) is 4. The second-order valence-electron chi connectivity index (χ2n) is 5.33. The quantitative estimate of drug-likeness (QED) is 0.312. The van der Waals surface area contributed by atoms with Crippen LogP contribution in [0.5, 0.6) is 0 Å². The van der Waals surface area contributed by atoms with E-state index in [0.29, 0.717) is 20.0 Å². The maximum Gasteiger partial charge on any atom is 0.319 e. The Balaban J connectivity index is 1.80. The van der Waals surface area contributed by atoms with Crippen LogP contribution in [-0.4, -0.2) is 25.6 Å². The molecule has 26 heavy (non-hydrogen) atoms. The lowest BCUT2D eigenvalue weighted by Crippen LogP contribution is -2.03. The zero-order chi connectivity index (χ0) is 18.8. The van der Waals surface area contributed by atoms with Gasteiger partial charge in [0.15, 0.2) is 5.16 Å². The first-order valence-corrected chi connectivity index (χ1v) is 9.34. The molecule has 0 atom stereocenters. The number of alkyl halides is 2. The molecule has 0 fully saturated rings. The van der Waals surface area contributed by atoms with E-state index in [4.69, 9.17) is 5.11 Å². The van der Waals surface area contributed by atoms with Crippen LogP contribution in [0.2, 0.25) is 0 Å². The predicted octanol–water partition coefficient (Wildman–Crippen LogP) is 4.49. The Morgan fingerprint density at radius 3 is 2.85 bits per heavy atom. The van der Waals surface area contributed by atoms with Crippen LogP contribution in [0.4, 0.5) is 13.2 Å². The van der Waals surface area contributed by atoms with Gasteiger partial charge in [-0.3, -0.25) is 9.36 Å². The molecule has 0 saturated heterocycles. The zero-order valence-electron chi connectivity index (χ0n) is 13.0. The highest BCUT2D eigenvalue weighted by molar-refractivity contribution is 14.1. The highest BCUT2D eigenvalue weighted by Crippen LogP contribution is 2.28. The third kappa shape index (κ3) is 4.11. The van der Waals surface area contributed by atoms with Crippen molar-refractivity contribution in [3.05, 3.63) is 51.1 Å². The van der Waals surface area contributed by atoms with Crippen molar-refractivity contribution in [2.75, 3.05) is 0 Å². The van der Waals surface area contributed by atoms with Crippen LogP contribution in [0.25, 0.3) is 11.0 Å². The van der Waals surface area contributed by atoms with E-state index in [0.717, 1.165) is 10.1 Å². The molecule has 2 aromatic heterocycles. The largest absolute Gasteiger partial charge is 0.481 e. The van der Waals surface area contributed by atoms with Gasteiger partial charge in [0.2, 0.25) is 0 Å². The van der Waals surface area contributed by atoms with Gasteiger partial charge >= 0.3 is 12.5 Å². The van der Waals surface area contributed by atoms with Gasteiger partial charge in [-0.15, -0.1) is 0 Å². The van der Waals surface area contributed by atoms with Gasteiger partial charge < -0.3 is 5.11 Å². The van der Waals surface area contributed by atoms with Crippen LogP contribution in [0.15, 0.2) is 35.7 Å². The van der Waals surface area contributed by atoms with Crippen LogP contribution < -0.4 is 0 Å². The van der Waals surface area contributed by atoms with Gasteiger partial charge in [0.05, 0.1) is 21.7 Å². The first-order valence-electron chi connectivity index (χ1n) is 7.28. The number of aromatic nitrogens is 3. The summed E-state index contributed by atoms with van der Waals surface area (Å²) in [4.78, 5) is 19.2. The minimum atomic E-state index is -2.67. The molecule has 0 saturated carbocycles. The fraction of sp³-hybridized carbons (Fsp3) is 0.188. The maximum atomic E-state index is 13.6. The van der Waals surface area contributed by atoms with E-state index in [1.165, 1.54) is 36.3 Å². The van der Waals surface area contributed by atoms with E-state index in [2.05, 4.69) is 9.97 Å². The van der Waals surface area contributed by atoms with Gasteiger partial charge in [-0.05, 0) is 39.8 Å². The van der Waals surface area contributed by atoms with Crippen molar-refractivity contribution in [3.63, 3.8) is 0 Å². The number of carboxylic acids is 1. The van der Waals surface area contributed by atoms with Gasteiger partial charge in [0.25, 0.3) is 0 Å². The van der Waals surface area contributed by atoms with E-state index in [9.17, 15) is 18.0 Å². The lowest BCUT2D eigenvalue weighted by Gasteiger charge is -2.06. The molecule has 0 aliphatic carbocycles. The summed E-state index contributed by atoms with van der Waals surface area (Å²) in [7, 11) is 0. The number of halogens is 4. The normalized spacial score (nSPS) is 11.4. The van der Waals surface area contributed by atoms with Crippen molar-refractivity contribution in [1.82, 2.24) is 14.5 Å². The Bertz CT molecular complexity index is 981. The number of hydrogen-bond donors (Lipinski definition) is 1. The third-order valence-electron chi connectivity index (χ3n) is 3.53. The number of benzene rings is 1. The molecule has 136 valence electrons. The van der Waals surface area contributed by atoms with E-state index < -0.39 is 24.8 Å². The first-order chi connectivity index (χ1) is 12.3. The van der Waals surface area contributed by atoms with Crippen molar-refractivity contribution in [2.45, 2.75) is 23.9 Å². The minimum absolute atomic E-state index is 0.107. The molecule has 2 heterocycles. The SMILES string of the molecule is O=C(O)Cc1cc(CSc2ncc3c(n2)c(I)cn3C(F)F)ccc1F. The number of fused-ring (bicyclic) bond motifs is 1. The summed E-state index contributed by atoms with van der Waals surface area (Å²) in [5.41, 5.74) is 1.51. The van der Waals surface area contributed by atoms with E-state index in [1.54, 1.807) is 6.07 Å². The molecular weight excluding hydrogens is 482 g/mol. The smallest absolute Gasteiger partial charge is 0.319 e. The molecule has 0 unspecified atom stereocenters. The molecule has 1 aromatic carbocycles. The standard InChI is InChI=1S/C16H11F3IN3O2S/c17-10-2-1-8(3-9(10)4-13(24)25)7-26-16-21-5-12-14(22-16)11(20)6-23(12)15(18)19/h1-3,5-6,15H,4,7H2,(H,24,25). The molecule has 0 bridgehead atoms. The van der Waals surface area contributed by atoms with Crippen molar-refractivity contribution in [3.8, 4) is 0 Å². The summed E-state index contributed by atoms with van der Waals surface area (Å²) in [6, 6.07) is 4.28. The number of aliphatic carboxylic acids is 1. The first kappa shape index (κ1) is 19.0. The number of nitrogens with zero attached hydrogens (tertiary/aromatic N) is 3. The maximum absolute atomic E-state index is 13.6. The topological polar surface area (TPSA) is 68.0 Å². The Kier molecular flexibility index (Phi) is 5.70. The number of thioether (sulfide) groups is 1. The monoisotopic (exact) mass is 493 g/mol. The van der Waals surface area contributed by atoms with Crippen LogP contribution in [0.3, 0.4) is 0 Å². The number of carbonyl (C=O) groups is 1. The average Bonchev–Trinajstić information content (AvgIpc) is 2.92. The second-order valence-corrected chi connectivity index (χ2v) is 7.44. The van der Waals surface area contributed by atoms with Gasteiger partial charge in [-0.2, -0.15) is 8.78 Å². The van der Waals surface area contributed by atoms with Gasteiger partial charge in [-0.25, -0.2) is 14.4 Å². The second kappa shape index (κ2) is 7.82. The molecule has 1 N–H and O–H groups in total. The Labute approximate surface area is 163 Å². The molecule has 3 rings (SSSR count). The fourth-order valence-electron chi connectivity index (χ4n) is 2.37. The van der Waals surface area contributed by atoms with Gasteiger partial charge in [0.1, 0.15) is 11.3 Å². The summed E-state index contributed by atoms with van der Waals surface area (Å²) >= 11 is 3.19. The lowest BCUT2D eigenvalue weighted by atomic mass is 10.1. The Morgan fingerprint density at radius 1 is 1.38 bits per heavy atom. The van der Waals surface area contributed by atoms with E-state index in [1.807, 2.05) is 22.6 Å².